The van der Waals surface area contributed by atoms with Gasteiger partial charge in [-0.25, -0.2) is 0 Å². The van der Waals surface area contributed by atoms with Gasteiger partial charge in [-0.15, -0.1) is 0 Å². The van der Waals surface area contributed by atoms with Gasteiger partial charge < -0.3 is 10.4 Å². The van der Waals surface area contributed by atoms with Crippen LogP contribution in [0.25, 0.3) is 0 Å². The number of carbonyl (C=O) groups is 2. The molecule has 4 heteroatoms. The van der Waals surface area contributed by atoms with Crippen molar-refractivity contribution >= 4 is 11.9 Å². The number of nitrogens with one attached hydrogen (secondary N) is 1. The van der Waals surface area contributed by atoms with Gasteiger partial charge >= 0.3 is 5.97 Å². The Morgan fingerprint density at radius 3 is 2.38 bits per heavy atom. The fraction of sp³-hybridized carbons (Fsp3) is 0.833. The monoisotopic (exact) mass is 225 g/mol. The van der Waals surface area contributed by atoms with Crippen molar-refractivity contribution in [1.29, 1.82) is 0 Å². The second-order valence-electron chi connectivity index (χ2n) is 5.73. The van der Waals surface area contributed by atoms with Crippen molar-refractivity contribution in [3.8, 4) is 0 Å². The lowest BCUT2D eigenvalue weighted by molar-refractivity contribution is -0.138. The van der Waals surface area contributed by atoms with E-state index < -0.39 is 11.5 Å². The van der Waals surface area contributed by atoms with E-state index in [9.17, 15) is 9.59 Å². The van der Waals surface area contributed by atoms with Crippen LogP contribution < -0.4 is 5.32 Å². The molecule has 0 aromatic heterocycles. The molecular formula is C12H19NO3. The molecule has 4 nitrogen and oxygen atoms in total. The van der Waals surface area contributed by atoms with Crippen LogP contribution in [0.1, 0.15) is 39.5 Å². The van der Waals surface area contributed by atoms with E-state index in [-0.39, 0.29) is 18.2 Å². The lowest BCUT2D eigenvalue weighted by Crippen LogP contribution is -2.46. The first-order valence-corrected chi connectivity index (χ1v) is 5.94. The Morgan fingerprint density at radius 2 is 1.88 bits per heavy atom. The van der Waals surface area contributed by atoms with Gasteiger partial charge in [0, 0.05) is 11.5 Å². The van der Waals surface area contributed by atoms with Crippen LogP contribution in [0.5, 0.6) is 0 Å². The molecule has 2 N–H and O–H groups in total. The summed E-state index contributed by atoms with van der Waals surface area (Å²) in [5.74, 6) is 0.519. The SMILES string of the molecule is CC(C)(CC(=O)O)NC(=O)C1C2CCCC21. The second kappa shape index (κ2) is 3.75. The molecule has 0 heterocycles. The number of carboxylic acid groups (broad SMARTS) is 1. The van der Waals surface area contributed by atoms with E-state index in [1.165, 1.54) is 19.3 Å². The molecule has 2 atom stereocenters. The third-order valence-corrected chi connectivity index (χ3v) is 3.76. The van der Waals surface area contributed by atoms with Gasteiger partial charge in [0.05, 0.1) is 6.42 Å². The number of hydrogen-bond acceptors (Lipinski definition) is 2. The first-order valence-electron chi connectivity index (χ1n) is 5.94. The number of hydrogen-bond donors (Lipinski definition) is 2. The van der Waals surface area contributed by atoms with Crippen LogP contribution in [0.3, 0.4) is 0 Å². The molecule has 2 unspecified atom stereocenters. The summed E-state index contributed by atoms with van der Waals surface area (Å²) in [6.45, 7) is 3.52. The van der Waals surface area contributed by atoms with Crippen molar-refractivity contribution in [2.75, 3.05) is 0 Å². The third-order valence-electron chi connectivity index (χ3n) is 3.76. The van der Waals surface area contributed by atoms with Crippen molar-refractivity contribution in [3.05, 3.63) is 0 Å². The van der Waals surface area contributed by atoms with Crippen molar-refractivity contribution in [1.82, 2.24) is 5.32 Å². The molecular weight excluding hydrogens is 206 g/mol. The number of carboxylic acids is 1. The standard InChI is InChI=1S/C12H19NO3/c1-12(2,6-9(14)15)13-11(16)10-7-4-3-5-8(7)10/h7-8,10H,3-6H2,1-2H3,(H,13,16)(H,14,15). The largest absolute Gasteiger partial charge is 0.481 e. The van der Waals surface area contributed by atoms with Gasteiger partial charge in [-0.2, -0.15) is 0 Å². The molecule has 2 aliphatic carbocycles. The number of fused-ring (bicyclic) bond motifs is 1. The summed E-state index contributed by atoms with van der Waals surface area (Å²) in [6, 6.07) is 0. The first-order chi connectivity index (χ1) is 7.41. The Hall–Kier alpha value is -1.06. The van der Waals surface area contributed by atoms with Crippen LogP contribution in [0.15, 0.2) is 0 Å². The Kier molecular flexibility index (Phi) is 2.68. The fourth-order valence-electron chi connectivity index (χ4n) is 3.05. The Labute approximate surface area is 95.4 Å². The van der Waals surface area contributed by atoms with E-state index in [1.54, 1.807) is 13.8 Å². The van der Waals surface area contributed by atoms with Gasteiger partial charge in [0.25, 0.3) is 0 Å². The molecule has 0 aromatic carbocycles. The minimum absolute atomic E-state index is 0.0270. The lowest BCUT2D eigenvalue weighted by atomic mass is 10.00. The number of rotatable bonds is 4. The van der Waals surface area contributed by atoms with Crippen molar-refractivity contribution in [3.63, 3.8) is 0 Å². The van der Waals surface area contributed by atoms with Gasteiger partial charge in [-0.3, -0.25) is 9.59 Å². The summed E-state index contributed by atoms with van der Waals surface area (Å²) < 4.78 is 0. The van der Waals surface area contributed by atoms with Gasteiger partial charge in [-0.1, -0.05) is 6.42 Å². The van der Waals surface area contributed by atoms with E-state index in [0.29, 0.717) is 11.8 Å². The highest BCUT2D eigenvalue weighted by atomic mass is 16.4. The molecule has 0 spiro atoms. The molecule has 2 aliphatic rings. The van der Waals surface area contributed by atoms with Crippen molar-refractivity contribution in [2.24, 2.45) is 17.8 Å². The molecule has 16 heavy (non-hydrogen) atoms. The van der Waals surface area contributed by atoms with Gasteiger partial charge in [0.15, 0.2) is 0 Å². The maximum absolute atomic E-state index is 11.9. The minimum atomic E-state index is -0.874. The zero-order valence-electron chi connectivity index (χ0n) is 9.82. The van der Waals surface area contributed by atoms with Crippen molar-refractivity contribution < 1.29 is 14.7 Å². The molecule has 0 aliphatic heterocycles. The van der Waals surface area contributed by atoms with Crippen molar-refractivity contribution in [2.45, 2.75) is 45.1 Å². The molecule has 2 rings (SSSR count). The van der Waals surface area contributed by atoms with Crippen LogP contribution in [-0.4, -0.2) is 22.5 Å². The van der Waals surface area contributed by atoms with Gasteiger partial charge in [0.2, 0.25) is 5.91 Å². The van der Waals surface area contributed by atoms with Crippen LogP contribution >= 0.6 is 0 Å². The highest BCUT2D eigenvalue weighted by Crippen LogP contribution is 2.57. The topological polar surface area (TPSA) is 66.4 Å². The van der Waals surface area contributed by atoms with Gasteiger partial charge in [-0.05, 0) is 38.5 Å². The molecule has 1 amide bonds. The summed E-state index contributed by atoms with van der Waals surface area (Å²) in [6.07, 6.45) is 3.56. The van der Waals surface area contributed by atoms with E-state index in [0.717, 1.165) is 0 Å². The van der Waals surface area contributed by atoms with Crippen LogP contribution in [0.2, 0.25) is 0 Å². The highest BCUT2D eigenvalue weighted by Gasteiger charge is 2.56. The molecule has 2 fully saturated rings. The summed E-state index contributed by atoms with van der Waals surface area (Å²) in [5, 5.41) is 11.6. The summed E-state index contributed by atoms with van der Waals surface area (Å²) in [7, 11) is 0. The average Bonchev–Trinajstić information content (AvgIpc) is 2.58. The number of carbonyl (C=O) groups excluding carboxylic acids is 1. The van der Waals surface area contributed by atoms with E-state index >= 15 is 0 Å². The summed E-state index contributed by atoms with van der Waals surface area (Å²) in [5.41, 5.74) is -0.639. The van der Waals surface area contributed by atoms with E-state index in [2.05, 4.69) is 5.32 Å². The Bertz CT molecular complexity index is 314. The molecule has 0 aromatic rings. The van der Waals surface area contributed by atoms with E-state index in [4.69, 9.17) is 5.11 Å². The quantitative estimate of drug-likeness (QED) is 0.760. The number of amides is 1. The molecule has 0 saturated heterocycles. The summed E-state index contributed by atoms with van der Waals surface area (Å²) >= 11 is 0. The van der Waals surface area contributed by atoms with Crippen LogP contribution in [0, 0.1) is 17.8 Å². The zero-order valence-corrected chi connectivity index (χ0v) is 9.82. The van der Waals surface area contributed by atoms with Crippen LogP contribution in [-0.2, 0) is 9.59 Å². The van der Waals surface area contributed by atoms with Crippen LogP contribution in [0.4, 0.5) is 0 Å². The zero-order chi connectivity index (χ0) is 11.9. The Morgan fingerprint density at radius 1 is 1.31 bits per heavy atom. The molecule has 0 bridgehead atoms. The lowest BCUT2D eigenvalue weighted by Gasteiger charge is -2.24. The predicted molar refractivity (Wildman–Crippen MR) is 58.8 cm³/mol. The second-order valence-corrected chi connectivity index (χ2v) is 5.73. The fourth-order valence-corrected chi connectivity index (χ4v) is 3.05. The normalized spacial score (nSPS) is 32.0. The maximum atomic E-state index is 11.9. The minimum Gasteiger partial charge on any atom is -0.481 e. The molecule has 2 saturated carbocycles. The predicted octanol–water partition coefficient (Wildman–Crippen LogP) is 1.40. The highest BCUT2D eigenvalue weighted by molar-refractivity contribution is 5.83. The first kappa shape index (κ1) is 11.4. The maximum Gasteiger partial charge on any atom is 0.305 e. The summed E-state index contributed by atoms with van der Waals surface area (Å²) in [4.78, 5) is 22.5. The number of aliphatic carboxylic acids is 1. The molecule has 90 valence electrons. The smallest absolute Gasteiger partial charge is 0.305 e. The third kappa shape index (κ3) is 2.20. The van der Waals surface area contributed by atoms with E-state index in [1.807, 2.05) is 0 Å². The van der Waals surface area contributed by atoms with Gasteiger partial charge in [0.1, 0.15) is 0 Å². The average molecular weight is 225 g/mol. The Balaban J connectivity index is 1.85. The molecule has 0 radical (unpaired) electrons.